The molecule has 1 unspecified atom stereocenters. The van der Waals surface area contributed by atoms with Crippen molar-refractivity contribution in [2.24, 2.45) is 0 Å². The van der Waals surface area contributed by atoms with Gasteiger partial charge in [0.25, 0.3) is 0 Å². The Bertz CT molecular complexity index is 392. The lowest BCUT2D eigenvalue weighted by atomic mass is 10.1. The monoisotopic (exact) mass is 224 g/mol. The lowest BCUT2D eigenvalue weighted by molar-refractivity contribution is -0.118. The Labute approximate surface area is 93.8 Å². The van der Waals surface area contributed by atoms with Crippen LogP contribution in [0.5, 0.6) is 0 Å². The molecule has 80 valence electrons. The van der Waals surface area contributed by atoms with Gasteiger partial charge in [-0.15, -0.1) is 0 Å². The van der Waals surface area contributed by atoms with Gasteiger partial charge in [-0.25, -0.2) is 0 Å². The molecule has 1 atom stereocenters. The average molecular weight is 225 g/mol. The van der Waals surface area contributed by atoms with Crippen LogP contribution >= 0.6 is 11.6 Å². The van der Waals surface area contributed by atoms with Crippen LogP contribution in [-0.4, -0.2) is 18.5 Å². The number of carbonyl (C=O) groups excluding carboxylic acids is 1. The van der Waals surface area contributed by atoms with E-state index in [1.807, 2.05) is 18.2 Å². The van der Waals surface area contributed by atoms with Crippen LogP contribution in [0.15, 0.2) is 18.2 Å². The highest BCUT2D eigenvalue weighted by Crippen LogP contribution is 2.28. The lowest BCUT2D eigenvalue weighted by Crippen LogP contribution is -2.33. The van der Waals surface area contributed by atoms with E-state index >= 15 is 0 Å². The number of benzene rings is 1. The summed E-state index contributed by atoms with van der Waals surface area (Å²) in [6, 6.07) is 6.12. The second-order valence-electron chi connectivity index (χ2n) is 3.78. The van der Waals surface area contributed by atoms with E-state index in [0.29, 0.717) is 6.54 Å². The van der Waals surface area contributed by atoms with Gasteiger partial charge in [0.1, 0.15) is 0 Å². The number of halogens is 1. The fourth-order valence-electron chi connectivity index (χ4n) is 1.79. The molecule has 2 rings (SSSR count). The van der Waals surface area contributed by atoms with Crippen LogP contribution < -0.4 is 10.6 Å². The quantitative estimate of drug-likeness (QED) is 0.805. The van der Waals surface area contributed by atoms with E-state index in [1.165, 1.54) is 12.5 Å². The minimum atomic E-state index is 0.00536. The summed E-state index contributed by atoms with van der Waals surface area (Å²) in [6.07, 6.45) is 0.937. The number of hydrogen-bond acceptors (Lipinski definition) is 2. The fraction of sp³-hybridized carbons (Fsp3) is 0.364. The fourth-order valence-corrected chi connectivity index (χ4v) is 1.96. The van der Waals surface area contributed by atoms with Gasteiger partial charge < -0.3 is 10.6 Å². The standard InChI is InChI=1S/C11H13ClN2O/c1-7(15)13-6-10-4-8-2-3-9(12)5-11(8)14-10/h2-3,5,10,14H,4,6H2,1H3,(H,13,15). The third-order valence-corrected chi connectivity index (χ3v) is 2.73. The van der Waals surface area contributed by atoms with Crippen molar-refractivity contribution in [3.05, 3.63) is 28.8 Å². The van der Waals surface area contributed by atoms with Crippen molar-refractivity contribution in [1.82, 2.24) is 5.32 Å². The average Bonchev–Trinajstić information content (AvgIpc) is 2.56. The number of nitrogens with one attached hydrogen (secondary N) is 2. The summed E-state index contributed by atoms with van der Waals surface area (Å²) in [4.78, 5) is 10.8. The maximum atomic E-state index is 10.8. The van der Waals surface area contributed by atoms with Crippen LogP contribution in [0.3, 0.4) is 0 Å². The predicted molar refractivity (Wildman–Crippen MR) is 61.3 cm³/mol. The van der Waals surface area contributed by atoms with Crippen LogP contribution in [0.1, 0.15) is 12.5 Å². The molecule has 1 aliphatic heterocycles. The zero-order valence-electron chi connectivity index (χ0n) is 8.51. The first-order valence-corrected chi connectivity index (χ1v) is 5.32. The van der Waals surface area contributed by atoms with Crippen molar-refractivity contribution in [1.29, 1.82) is 0 Å². The second-order valence-corrected chi connectivity index (χ2v) is 4.22. The van der Waals surface area contributed by atoms with Gasteiger partial charge in [-0.2, -0.15) is 0 Å². The number of anilines is 1. The first kappa shape index (κ1) is 10.3. The van der Waals surface area contributed by atoms with Crippen molar-refractivity contribution < 1.29 is 4.79 Å². The Hall–Kier alpha value is -1.22. The third kappa shape index (κ3) is 2.42. The molecule has 3 nitrogen and oxygen atoms in total. The first-order valence-electron chi connectivity index (χ1n) is 4.94. The minimum Gasteiger partial charge on any atom is -0.380 e. The van der Waals surface area contributed by atoms with Crippen LogP contribution in [0.4, 0.5) is 5.69 Å². The molecule has 1 amide bonds. The van der Waals surface area contributed by atoms with Crippen LogP contribution in [0.2, 0.25) is 5.02 Å². The Morgan fingerprint density at radius 3 is 3.20 bits per heavy atom. The normalized spacial score (nSPS) is 18.1. The van der Waals surface area contributed by atoms with Crippen LogP contribution in [0.25, 0.3) is 0 Å². The van der Waals surface area contributed by atoms with Gasteiger partial charge in [0.15, 0.2) is 0 Å². The van der Waals surface area contributed by atoms with E-state index < -0.39 is 0 Å². The molecule has 1 heterocycles. The molecule has 0 aliphatic carbocycles. The Morgan fingerprint density at radius 1 is 1.67 bits per heavy atom. The van der Waals surface area contributed by atoms with Gasteiger partial charge in [0.05, 0.1) is 0 Å². The molecule has 0 bridgehead atoms. The third-order valence-electron chi connectivity index (χ3n) is 2.50. The van der Waals surface area contributed by atoms with Gasteiger partial charge in [0.2, 0.25) is 5.91 Å². The zero-order chi connectivity index (χ0) is 10.8. The van der Waals surface area contributed by atoms with Gasteiger partial charge >= 0.3 is 0 Å². The highest BCUT2D eigenvalue weighted by molar-refractivity contribution is 6.30. The Morgan fingerprint density at radius 2 is 2.47 bits per heavy atom. The molecule has 0 saturated heterocycles. The number of carbonyl (C=O) groups is 1. The highest BCUT2D eigenvalue weighted by Gasteiger charge is 2.20. The van der Waals surface area contributed by atoms with Crippen molar-refractivity contribution in [3.8, 4) is 0 Å². The van der Waals surface area contributed by atoms with E-state index in [4.69, 9.17) is 11.6 Å². The predicted octanol–water partition coefficient (Wildman–Crippen LogP) is 1.81. The van der Waals surface area contributed by atoms with E-state index in [9.17, 15) is 4.79 Å². The SMILES string of the molecule is CC(=O)NCC1Cc2ccc(Cl)cc2N1. The van der Waals surface area contributed by atoms with Crippen molar-refractivity contribution in [2.45, 2.75) is 19.4 Å². The van der Waals surface area contributed by atoms with Gasteiger partial charge in [-0.3, -0.25) is 4.79 Å². The van der Waals surface area contributed by atoms with E-state index in [2.05, 4.69) is 10.6 Å². The van der Waals surface area contributed by atoms with E-state index in [-0.39, 0.29) is 11.9 Å². The molecule has 15 heavy (non-hydrogen) atoms. The van der Waals surface area contributed by atoms with Gasteiger partial charge in [-0.1, -0.05) is 17.7 Å². The summed E-state index contributed by atoms with van der Waals surface area (Å²) < 4.78 is 0. The van der Waals surface area contributed by atoms with Crippen molar-refractivity contribution in [2.75, 3.05) is 11.9 Å². The van der Waals surface area contributed by atoms with E-state index in [1.54, 1.807) is 0 Å². The molecule has 1 aliphatic rings. The van der Waals surface area contributed by atoms with Gasteiger partial charge in [0, 0.05) is 30.2 Å². The summed E-state index contributed by atoms with van der Waals surface area (Å²) in [5.74, 6) is 0.00536. The number of amides is 1. The topological polar surface area (TPSA) is 41.1 Å². The molecule has 0 aromatic heterocycles. The molecular weight excluding hydrogens is 212 g/mol. The first-order chi connectivity index (χ1) is 7.15. The van der Waals surface area contributed by atoms with Crippen LogP contribution in [0, 0.1) is 0 Å². The smallest absolute Gasteiger partial charge is 0.216 e. The van der Waals surface area contributed by atoms with Gasteiger partial charge in [-0.05, 0) is 24.1 Å². The minimum absolute atomic E-state index is 0.00536. The molecule has 0 saturated carbocycles. The number of rotatable bonds is 2. The summed E-state index contributed by atoms with van der Waals surface area (Å²) in [6.45, 7) is 2.18. The Kier molecular flexibility index (Phi) is 2.82. The highest BCUT2D eigenvalue weighted by atomic mass is 35.5. The molecule has 4 heteroatoms. The summed E-state index contributed by atoms with van der Waals surface area (Å²) in [5, 5.41) is 6.87. The van der Waals surface area contributed by atoms with E-state index in [0.717, 1.165) is 17.1 Å². The largest absolute Gasteiger partial charge is 0.380 e. The second kappa shape index (κ2) is 4.11. The summed E-state index contributed by atoms with van der Waals surface area (Å²) in [5.41, 5.74) is 2.34. The number of fused-ring (bicyclic) bond motifs is 1. The summed E-state index contributed by atoms with van der Waals surface area (Å²) >= 11 is 5.89. The molecule has 0 fully saturated rings. The van der Waals surface area contributed by atoms with Crippen molar-refractivity contribution >= 4 is 23.2 Å². The lowest BCUT2D eigenvalue weighted by Gasteiger charge is -2.10. The molecule has 1 aromatic carbocycles. The number of hydrogen-bond donors (Lipinski definition) is 2. The van der Waals surface area contributed by atoms with Crippen LogP contribution in [-0.2, 0) is 11.2 Å². The molecule has 2 N–H and O–H groups in total. The maximum Gasteiger partial charge on any atom is 0.216 e. The molecular formula is C11H13ClN2O. The maximum absolute atomic E-state index is 10.8. The van der Waals surface area contributed by atoms with Crippen molar-refractivity contribution in [3.63, 3.8) is 0 Å². The Balaban J connectivity index is 2.00. The summed E-state index contributed by atoms with van der Waals surface area (Å²) in [7, 11) is 0. The zero-order valence-corrected chi connectivity index (χ0v) is 9.27. The molecule has 0 radical (unpaired) electrons. The molecule has 0 spiro atoms. The molecule has 1 aromatic rings.